The van der Waals surface area contributed by atoms with Gasteiger partial charge in [-0.05, 0) is 13.8 Å². The van der Waals surface area contributed by atoms with Crippen molar-refractivity contribution < 1.29 is 13.2 Å². The molecule has 0 spiro atoms. The monoisotopic (exact) mass is 391 g/mol. The normalized spacial score (nSPS) is 12.0. The predicted octanol–water partition coefficient (Wildman–Crippen LogP) is 3.55. The molecular formula is C13H13ClF3N7S. The van der Waals surface area contributed by atoms with Gasteiger partial charge in [0.1, 0.15) is 5.01 Å². The fourth-order valence-corrected chi connectivity index (χ4v) is 3.17. The molecule has 3 rings (SSSR count). The summed E-state index contributed by atoms with van der Waals surface area (Å²) >= 11 is 6.96. The number of hydrogen-bond acceptors (Lipinski definition) is 6. The first-order valence-electron chi connectivity index (χ1n) is 7.05. The fraction of sp³-hybridized carbons (Fsp3) is 0.385. The molecule has 0 saturated heterocycles. The van der Waals surface area contributed by atoms with E-state index < -0.39 is 16.9 Å². The van der Waals surface area contributed by atoms with E-state index in [1.807, 2.05) is 6.92 Å². The molecule has 0 aromatic carbocycles. The zero-order valence-corrected chi connectivity index (χ0v) is 15.0. The largest absolute Gasteiger partial charge is 0.436 e. The average molecular weight is 392 g/mol. The second-order valence-corrected chi connectivity index (χ2v) is 6.77. The third-order valence-corrected chi connectivity index (χ3v) is 4.68. The molecule has 0 atom stereocenters. The van der Waals surface area contributed by atoms with E-state index in [0.717, 1.165) is 11.4 Å². The van der Waals surface area contributed by atoms with Crippen LogP contribution in [0, 0.1) is 13.8 Å². The van der Waals surface area contributed by atoms with Crippen LogP contribution in [-0.2, 0) is 19.8 Å². The van der Waals surface area contributed by atoms with Crippen molar-refractivity contribution in [2.24, 2.45) is 7.05 Å². The standard InChI is InChI=1S/C13H13ClF3N7S/c1-6-8(4-23(3)21-6)18-12-20-19-9(25-12)5-24-7(2)10(14)11(22-24)13(15,16)17/h4H,5H2,1-3H3,(H,18,20). The van der Waals surface area contributed by atoms with Gasteiger partial charge in [0.25, 0.3) is 0 Å². The molecule has 0 bridgehead atoms. The molecule has 3 aromatic heterocycles. The summed E-state index contributed by atoms with van der Waals surface area (Å²) in [5.41, 5.74) is 0.703. The van der Waals surface area contributed by atoms with Crippen molar-refractivity contribution in [3.8, 4) is 0 Å². The highest BCUT2D eigenvalue weighted by Gasteiger charge is 2.38. The number of halogens is 4. The smallest absolute Gasteiger partial charge is 0.327 e. The second-order valence-electron chi connectivity index (χ2n) is 5.33. The number of anilines is 2. The highest BCUT2D eigenvalue weighted by atomic mass is 35.5. The summed E-state index contributed by atoms with van der Waals surface area (Å²) in [6, 6.07) is 0. The molecule has 25 heavy (non-hydrogen) atoms. The lowest BCUT2D eigenvalue weighted by Crippen LogP contribution is -2.09. The molecule has 0 saturated carbocycles. The van der Waals surface area contributed by atoms with Crippen molar-refractivity contribution in [3.63, 3.8) is 0 Å². The molecule has 3 aromatic rings. The lowest BCUT2D eigenvalue weighted by atomic mass is 10.3. The van der Waals surface area contributed by atoms with Crippen LogP contribution in [0.3, 0.4) is 0 Å². The Labute approximate surface area is 149 Å². The van der Waals surface area contributed by atoms with Gasteiger partial charge in [0, 0.05) is 13.2 Å². The Morgan fingerprint density at radius 3 is 2.52 bits per heavy atom. The molecule has 3 heterocycles. The predicted molar refractivity (Wildman–Crippen MR) is 87.2 cm³/mol. The van der Waals surface area contributed by atoms with Crippen LogP contribution in [0.15, 0.2) is 6.20 Å². The van der Waals surface area contributed by atoms with Gasteiger partial charge >= 0.3 is 6.18 Å². The summed E-state index contributed by atoms with van der Waals surface area (Å²) in [6.07, 6.45) is -2.80. The maximum Gasteiger partial charge on any atom is 0.436 e. The summed E-state index contributed by atoms with van der Waals surface area (Å²) in [7, 11) is 1.80. The van der Waals surface area contributed by atoms with Gasteiger partial charge in [-0.2, -0.15) is 23.4 Å². The number of nitrogens with zero attached hydrogens (tertiary/aromatic N) is 6. The number of aryl methyl sites for hydroxylation is 2. The van der Waals surface area contributed by atoms with Crippen molar-refractivity contribution >= 4 is 33.8 Å². The summed E-state index contributed by atoms with van der Waals surface area (Å²) in [6.45, 7) is 3.37. The van der Waals surface area contributed by atoms with Crippen LogP contribution in [0.5, 0.6) is 0 Å². The molecule has 1 N–H and O–H groups in total. The summed E-state index contributed by atoms with van der Waals surface area (Å²) in [5.74, 6) is 0. The molecule has 134 valence electrons. The van der Waals surface area contributed by atoms with E-state index in [-0.39, 0.29) is 12.2 Å². The Bertz CT molecular complexity index is 911. The van der Waals surface area contributed by atoms with Crippen molar-refractivity contribution in [3.05, 3.63) is 33.3 Å². The molecule has 0 aliphatic carbocycles. The van der Waals surface area contributed by atoms with Crippen molar-refractivity contribution in [1.82, 2.24) is 29.8 Å². The van der Waals surface area contributed by atoms with Gasteiger partial charge in [-0.25, -0.2) is 0 Å². The van der Waals surface area contributed by atoms with Gasteiger partial charge in [0.05, 0.1) is 28.6 Å². The molecule has 0 aliphatic rings. The van der Waals surface area contributed by atoms with Gasteiger partial charge in [0.15, 0.2) is 5.69 Å². The first-order chi connectivity index (χ1) is 11.6. The SMILES string of the molecule is Cc1nn(C)cc1Nc1nnc(Cn2nc(C(F)(F)F)c(Cl)c2C)s1. The third kappa shape index (κ3) is 3.61. The summed E-state index contributed by atoms with van der Waals surface area (Å²) in [5, 5.41) is 19.4. The van der Waals surface area contributed by atoms with Gasteiger partial charge in [-0.3, -0.25) is 9.36 Å². The average Bonchev–Trinajstić information content (AvgIpc) is 3.14. The first kappa shape index (κ1) is 17.7. The molecule has 12 heteroatoms. The van der Waals surface area contributed by atoms with E-state index >= 15 is 0 Å². The molecule has 0 radical (unpaired) electrons. The highest BCUT2D eigenvalue weighted by molar-refractivity contribution is 7.15. The Balaban J connectivity index is 1.79. The van der Waals surface area contributed by atoms with E-state index in [2.05, 4.69) is 25.7 Å². The van der Waals surface area contributed by atoms with Gasteiger partial charge in [-0.1, -0.05) is 22.9 Å². The molecule has 0 unspecified atom stereocenters. The Hall–Kier alpha value is -2.14. The van der Waals surface area contributed by atoms with Gasteiger partial charge in [0.2, 0.25) is 5.13 Å². The van der Waals surface area contributed by atoms with Crippen LogP contribution >= 0.6 is 22.9 Å². The Kier molecular flexibility index (Phi) is 4.45. The van der Waals surface area contributed by atoms with E-state index in [1.54, 1.807) is 17.9 Å². The maximum atomic E-state index is 12.9. The maximum absolute atomic E-state index is 12.9. The Morgan fingerprint density at radius 2 is 1.96 bits per heavy atom. The lowest BCUT2D eigenvalue weighted by Gasteiger charge is -2.01. The van der Waals surface area contributed by atoms with Crippen LogP contribution in [0.4, 0.5) is 24.0 Å². The molecule has 0 fully saturated rings. The summed E-state index contributed by atoms with van der Waals surface area (Å²) < 4.78 is 41.4. The molecule has 0 aliphatic heterocycles. The Morgan fingerprint density at radius 1 is 1.24 bits per heavy atom. The van der Waals surface area contributed by atoms with Crippen LogP contribution in [0.2, 0.25) is 5.02 Å². The zero-order valence-electron chi connectivity index (χ0n) is 13.4. The summed E-state index contributed by atoms with van der Waals surface area (Å²) in [4.78, 5) is 0. The minimum atomic E-state index is -4.60. The van der Waals surface area contributed by atoms with Gasteiger partial charge < -0.3 is 5.32 Å². The van der Waals surface area contributed by atoms with Crippen LogP contribution in [-0.4, -0.2) is 29.8 Å². The van der Waals surface area contributed by atoms with E-state index in [4.69, 9.17) is 11.6 Å². The third-order valence-electron chi connectivity index (χ3n) is 3.41. The number of rotatable bonds is 4. The van der Waals surface area contributed by atoms with Crippen molar-refractivity contribution in [2.75, 3.05) is 5.32 Å². The number of nitrogens with one attached hydrogen (secondary N) is 1. The molecule has 7 nitrogen and oxygen atoms in total. The highest BCUT2D eigenvalue weighted by Crippen LogP contribution is 2.35. The van der Waals surface area contributed by atoms with Crippen LogP contribution < -0.4 is 5.32 Å². The van der Waals surface area contributed by atoms with Crippen molar-refractivity contribution in [1.29, 1.82) is 0 Å². The molecule has 0 amide bonds. The van der Waals surface area contributed by atoms with Crippen molar-refractivity contribution in [2.45, 2.75) is 26.6 Å². The quantitative estimate of drug-likeness (QED) is 0.736. The topological polar surface area (TPSA) is 73.5 Å². The van der Waals surface area contributed by atoms with Gasteiger partial charge in [-0.15, -0.1) is 10.2 Å². The number of alkyl halides is 3. The van der Waals surface area contributed by atoms with E-state index in [1.165, 1.54) is 22.9 Å². The second kappa shape index (κ2) is 6.30. The minimum Gasteiger partial charge on any atom is -0.327 e. The number of aromatic nitrogens is 6. The molecular weight excluding hydrogens is 379 g/mol. The zero-order chi connectivity index (χ0) is 18.4. The van der Waals surface area contributed by atoms with Crippen LogP contribution in [0.1, 0.15) is 22.1 Å². The first-order valence-corrected chi connectivity index (χ1v) is 8.24. The minimum absolute atomic E-state index is 0.0486. The van der Waals surface area contributed by atoms with Crippen LogP contribution in [0.25, 0.3) is 0 Å². The van der Waals surface area contributed by atoms with E-state index in [0.29, 0.717) is 10.1 Å². The lowest BCUT2D eigenvalue weighted by molar-refractivity contribution is -0.141. The van der Waals surface area contributed by atoms with E-state index in [9.17, 15) is 13.2 Å². The number of hydrogen-bond donors (Lipinski definition) is 1. The fourth-order valence-electron chi connectivity index (χ4n) is 2.19.